The summed E-state index contributed by atoms with van der Waals surface area (Å²) in [5.41, 5.74) is 1.50. The van der Waals surface area contributed by atoms with Crippen molar-refractivity contribution in [2.75, 3.05) is 19.5 Å². The van der Waals surface area contributed by atoms with Crippen LogP contribution in [0.5, 0.6) is 23.0 Å². The Morgan fingerprint density at radius 3 is 2.15 bits per heavy atom. The van der Waals surface area contributed by atoms with Crippen LogP contribution in [0.15, 0.2) is 36.4 Å². The van der Waals surface area contributed by atoms with E-state index in [-0.39, 0.29) is 11.5 Å². The minimum absolute atomic E-state index is 0.0364. The molecular formula is C15H17NO4. The van der Waals surface area contributed by atoms with Gasteiger partial charge in [0.25, 0.3) is 0 Å². The van der Waals surface area contributed by atoms with Gasteiger partial charge in [-0.15, -0.1) is 0 Å². The second kappa shape index (κ2) is 6.06. The summed E-state index contributed by atoms with van der Waals surface area (Å²) in [5.74, 6) is 1.45. The minimum atomic E-state index is 0.0364. The van der Waals surface area contributed by atoms with Gasteiger partial charge >= 0.3 is 0 Å². The number of benzene rings is 2. The maximum Gasteiger partial charge on any atom is 0.124 e. The highest BCUT2D eigenvalue weighted by Gasteiger charge is 2.05. The van der Waals surface area contributed by atoms with E-state index in [1.807, 2.05) is 12.1 Å². The number of nitrogens with one attached hydrogen (secondary N) is 1. The molecule has 0 unspecified atom stereocenters. The summed E-state index contributed by atoms with van der Waals surface area (Å²) in [6.45, 7) is 0.419. The summed E-state index contributed by atoms with van der Waals surface area (Å²) in [6, 6.07) is 9.95. The minimum Gasteiger partial charge on any atom is -0.508 e. The average molecular weight is 275 g/mol. The van der Waals surface area contributed by atoms with Gasteiger partial charge in [0.15, 0.2) is 0 Å². The molecule has 0 bridgehead atoms. The lowest BCUT2D eigenvalue weighted by Gasteiger charge is -2.11. The Kier molecular flexibility index (Phi) is 4.20. The molecule has 3 N–H and O–H groups in total. The zero-order valence-corrected chi connectivity index (χ0v) is 11.4. The van der Waals surface area contributed by atoms with Crippen LogP contribution in [0.3, 0.4) is 0 Å². The van der Waals surface area contributed by atoms with Crippen LogP contribution in [-0.2, 0) is 6.54 Å². The second-order valence-corrected chi connectivity index (χ2v) is 4.27. The molecule has 0 radical (unpaired) electrons. The molecule has 2 aromatic carbocycles. The molecule has 0 saturated carbocycles. The first-order valence-electron chi connectivity index (χ1n) is 6.10. The third-order valence-corrected chi connectivity index (χ3v) is 2.90. The largest absolute Gasteiger partial charge is 0.508 e. The monoisotopic (exact) mass is 275 g/mol. The molecular weight excluding hydrogens is 258 g/mol. The van der Waals surface area contributed by atoms with Crippen LogP contribution in [-0.4, -0.2) is 24.4 Å². The first-order chi connectivity index (χ1) is 9.62. The summed E-state index contributed by atoms with van der Waals surface area (Å²) in [4.78, 5) is 0. The molecule has 0 aliphatic heterocycles. The molecule has 20 heavy (non-hydrogen) atoms. The van der Waals surface area contributed by atoms with Gasteiger partial charge in [-0.2, -0.15) is 0 Å². The number of hydrogen-bond acceptors (Lipinski definition) is 5. The Morgan fingerprint density at radius 1 is 0.950 bits per heavy atom. The molecule has 0 aromatic heterocycles. The zero-order valence-electron chi connectivity index (χ0n) is 11.4. The molecule has 5 nitrogen and oxygen atoms in total. The normalized spacial score (nSPS) is 10.1. The highest BCUT2D eigenvalue weighted by Crippen LogP contribution is 2.27. The van der Waals surface area contributed by atoms with Crippen LogP contribution < -0.4 is 14.8 Å². The molecule has 0 saturated heterocycles. The van der Waals surface area contributed by atoms with Crippen LogP contribution in [0.1, 0.15) is 5.56 Å². The van der Waals surface area contributed by atoms with Crippen LogP contribution in [0.2, 0.25) is 0 Å². The molecule has 2 rings (SSSR count). The van der Waals surface area contributed by atoms with E-state index >= 15 is 0 Å². The standard InChI is InChI=1S/C15H17NO4/c1-19-13-5-11(6-14(8-13)20-2)16-9-10-3-4-12(17)7-15(10)18/h3-8,16-18H,9H2,1-2H3. The Hall–Kier alpha value is -2.56. The highest BCUT2D eigenvalue weighted by molar-refractivity contribution is 5.54. The fourth-order valence-electron chi connectivity index (χ4n) is 1.81. The molecule has 0 spiro atoms. The molecule has 2 aromatic rings. The van der Waals surface area contributed by atoms with Crippen molar-refractivity contribution < 1.29 is 19.7 Å². The van der Waals surface area contributed by atoms with Crippen LogP contribution in [0.4, 0.5) is 5.69 Å². The molecule has 106 valence electrons. The summed E-state index contributed by atoms with van der Waals surface area (Å²) < 4.78 is 10.4. The van der Waals surface area contributed by atoms with Crippen molar-refractivity contribution in [3.63, 3.8) is 0 Å². The van der Waals surface area contributed by atoms with Crippen molar-refractivity contribution in [1.82, 2.24) is 0 Å². The first-order valence-corrected chi connectivity index (χ1v) is 6.10. The molecule has 5 heteroatoms. The number of ether oxygens (including phenoxy) is 2. The zero-order chi connectivity index (χ0) is 14.5. The quantitative estimate of drug-likeness (QED) is 0.782. The third-order valence-electron chi connectivity index (χ3n) is 2.90. The Labute approximate surface area is 117 Å². The van der Waals surface area contributed by atoms with Gasteiger partial charge in [0, 0.05) is 42.1 Å². The molecule has 0 atom stereocenters. The van der Waals surface area contributed by atoms with Gasteiger partial charge in [0.2, 0.25) is 0 Å². The van der Waals surface area contributed by atoms with Crippen LogP contribution in [0, 0.1) is 0 Å². The summed E-state index contributed by atoms with van der Waals surface area (Å²) in [5, 5.41) is 22.1. The van der Waals surface area contributed by atoms with Crippen molar-refractivity contribution in [2.24, 2.45) is 0 Å². The van der Waals surface area contributed by atoms with E-state index in [2.05, 4.69) is 5.32 Å². The smallest absolute Gasteiger partial charge is 0.124 e. The van der Waals surface area contributed by atoms with Gasteiger partial charge in [-0.25, -0.2) is 0 Å². The van der Waals surface area contributed by atoms with Crippen LogP contribution >= 0.6 is 0 Å². The highest BCUT2D eigenvalue weighted by atomic mass is 16.5. The van der Waals surface area contributed by atoms with Crippen molar-refractivity contribution in [3.8, 4) is 23.0 Å². The fraction of sp³-hybridized carbons (Fsp3) is 0.200. The summed E-state index contributed by atoms with van der Waals surface area (Å²) in [7, 11) is 3.18. The van der Waals surface area contributed by atoms with Crippen LogP contribution in [0.25, 0.3) is 0 Å². The first kappa shape index (κ1) is 13.9. The number of hydrogen-bond donors (Lipinski definition) is 3. The van der Waals surface area contributed by atoms with Crippen molar-refractivity contribution >= 4 is 5.69 Å². The predicted molar refractivity (Wildman–Crippen MR) is 76.6 cm³/mol. The van der Waals surface area contributed by atoms with E-state index in [1.165, 1.54) is 12.1 Å². The van der Waals surface area contributed by atoms with E-state index in [0.717, 1.165) is 5.69 Å². The van der Waals surface area contributed by atoms with E-state index in [1.54, 1.807) is 26.4 Å². The number of anilines is 1. The van der Waals surface area contributed by atoms with Crippen molar-refractivity contribution in [1.29, 1.82) is 0 Å². The Morgan fingerprint density at radius 2 is 1.60 bits per heavy atom. The maximum absolute atomic E-state index is 9.72. The molecule has 0 aliphatic rings. The topological polar surface area (TPSA) is 71.0 Å². The molecule has 0 heterocycles. The Bertz CT molecular complexity index is 576. The maximum atomic E-state index is 9.72. The third kappa shape index (κ3) is 3.26. The van der Waals surface area contributed by atoms with Gasteiger partial charge in [-0.05, 0) is 12.1 Å². The summed E-state index contributed by atoms with van der Waals surface area (Å²) in [6.07, 6.45) is 0. The lowest BCUT2D eigenvalue weighted by atomic mass is 10.2. The van der Waals surface area contributed by atoms with Gasteiger partial charge in [0.05, 0.1) is 14.2 Å². The number of phenols is 2. The lowest BCUT2D eigenvalue weighted by molar-refractivity contribution is 0.394. The van der Waals surface area contributed by atoms with E-state index in [0.29, 0.717) is 23.6 Å². The van der Waals surface area contributed by atoms with Gasteiger partial charge < -0.3 is 25.0 Å². The average Bonchev–Trinajstić information content (AvgIpc) is 2.46. The number of methoxy groups -OCH3 is 2. The molecule has 0 amide bonds. The Balaban J connectivity index is 2.13. The molecule has 0 fully saturated rings. The number of rotatable bonds is 5. The lowest BCUT2D eigenvalue weighted by Crippen LogP contribution is -2.00. The number of phenolic OH excluding ortho intramolecular Hbond substituents is 2. The van der Waals surface area contributed by atoms with E-state index in [4.69, 9.17) is 9.47 Å². The fourth-order valence-corrected chi connectivity index (χ4v) is 1.81. The molecule has 0 aliphatic carbocycles. The summed E-state index contributed by atoms with van der Waals surface area (Å²) >= 11 is 0. The van der Waals surface area contributed by atoms with Crippen molar-refractivity contribution in [3.05, 3.63) is 42.0 Å². The van der Waals surface area contributed by atoms with E-state index in [9.17, 15) is 10.2 Å². The predicted octanol–water partition coefficient (Wildman–Crippen LogP) is 2.73. The van der Waals surface area contributed by atoms with Gasteiger partial charge in [0.1, 0.15) is 23.0 Å². The van der Waals surface area contributed by atoms with Gasteiger partial charge in [-0.1, -0.05) is 0 Å². The van der Waals surface area contributed by atoms with Gasteiger partial charge in [-0.3, -0.25) is 0 Å². The van der Waals surface area contributed by atoms with E-state index < -0.39 is 0 Å². The second-order valence-electron chi connectivity index (χ2n) is 4.27. The number of aromatic hydroxyl groups is 2. The SMILES string of the molecule is COc1cc(NCc2ccc(O)cc2O)cc(OC)c1. The van der Waals surface area contributed by atoms with Crippen molar-refractivity contribution in [2.45, 2.75) is 6.54 Å².